The van der Waals surface area contributed by atoms with Crippen LogP contribution in [0.25, 0.3) is 0 Å². The first-order chi connectivity index (χ1) is 9.95. The summed E-state index contributed by atoms with van der Waals surface area (Å²) in [6.07, 6.45) is 7.64. The molecule has 0 unspecified atom stereocenters. The number of nitrogens with one attached hydrogen (secondary N) is 4. The van der Waals surface area contributed by atoms with Crippen molar-refractivity contribution < 1.29 is 0 Å². The van der Waals surface area contributed by atoms with Gasteiger partial charge in [-0.15, -0.1) is 0 Å². The van der Waals surface area contributed by atoms with Crippen molar-refractivity contribution in [3.05, 3.63) is 0 Å². The Balaban J connectivity index is 1.65. The number of hydrogen-bond donors (Lipinski definition) is 4. The summed E-state index contributed by atoms with van der Waals surface area (Å²) in [7, 11) is 0. The van der Waals surface area contributed by atoms with E-state index in [9.17, 15) is 0 Å². The average Bonchev–Trinajstić information content (AvgIpc) is 2.87. The van der Waals surface area contributed by atoms with Gasteiger partial charge in [-0.05, 0) is 25.7 Å². The molecule has 0 atom stereocenters. The highest BCUT2D eigenvalue weighted by atomic mass is 15.4. The third-order valence-corrected chi connectivity index (χ3v) is 2.85. The van der Waals surface area contributed by atoms with E-state index in [-0.39, 0.29) is 0 Å². The lowest BCUT2D eigenvalue weighted by Gasteiger charge is -2.04. The molecule has 0 aliphatic carbocycles. The zero-order valence-electron chi connectivity index (χ0n) is 11.6. The van der Waals surface area contributed by atoms with Crippen molar-refractivity contribution in [2.75, 3.05) is 26.2 Å². The molecule has 0 radical (unpaired) electrons. The highest BCUT2D eigenvalue weighted by Crippen LogP contribution is 1.92. The molecule has 2 aliphatic heterocycles. The third kappa shape index (κ3) is 5.68. The summed E-state index contributed by atoms with van der Waals surface area (Å²) in [6, 6.07) is 0. The van der Waals surface area contributed by atoms with E-state index in [0.29, 0.717) is 0 Å². The van der Waals surface area contributed by atoms with E-state index in [2.05, 4.69) is 41.7 Å². The highest BCUT2D eigenvalue weighted by molar-refractivity contribution is 6.16. The second-order valence-corrected chi connectivity index (χ2v) is 4.51. The summed E-state index contributed by atoms with van der Waals surface area (Å²) in [6.45, 7) is 3.54. The molecule has 0 aromatic carbocycles. The van der Waals surface area contributed by atoms with Gasteiger partial charge in [-0.25, -0.2) is 10.9 Å². The van der Waals surface area contributed by atoms with E-state index in [1.54, 1.807) is 12.4 Å². The number of hydrazone groups is 2. The maximum absolute atomic E-state index is 4.32. The van der Waals surface area contributed by atoms with Crippen molar-refractivity contribution in [1.82, 2.24) is 21.5 Å². The molecule has 4 N–H and O–H groups in total. The molecule has 2 aliphatic rings. The van der Waals surface area contributed by atoms with E-state index in [0.717, 1.165) is 63.8 Å². The largest absolute Gasteiger partial charge is 0.355 e. The first kappa shape index (κ1) is 14.3. The standard InChI is InChI=1S/C12H22N8/c1-2-6-14-11(13-5-1)19-17-9-10-18-20-12-15-7-3-4-8-16-12/h9-10H,1-8H2,(H2,13,14,19)(H2,15,16,20)/b17-9+,18-10+. The SMILES string of the molecule is C(/C=N/NC1=NCCCCN1)=N\NC1=NCCCCN1. The molecule has 0 saturated heterocycles. The molecule has 0 amide bonds. The maximum atomic E-state index is 4.32. The second kappa shape index (κ2) is 8.89. The normalized spacial score (nSPS) is 20.4. The Morgan fingerprint density at radius 3 is 1.80 bits per heavy atom. The van der Waals surface area contributed by atoms with Crippen LogP contribution in [0.1, 0.15) is 25.7 Å². The van der Waals surface area contributed by atoms with Gasteiger partial charge in [0.05, 0.1) is 12.4 Å². The lowest BCUT2D eigenvalue weighted by molar-refractivity contribution is 0.745. The van der Waals surface area contributed by atoms with Crippen LogP contribution in [-0.2, 0) is 0 Å². The van der Waals surface area contributed by atoms with Crippen LogP contribution in [0, 0.1) is 0 Å². The van der Waals surface area contributed by atoms with Crippen molar-refractivity contribution in [2.45, 2.75) is 25.7 Å². The molecule has 8 nitrogen and oxygen atoms in total. The Bertz CT molecular complexity index is 360. The molecule has 8 heteroatoms. The fourth-order valence-corrected chi connectivity index (χ4v) is 1.79. The average molecular weight is 278 g/mol. The second-order valence-electron chi connectivity index (χ2n) is 4.51. The van der Waals surface area contributed by atoms with Crippen LogP contribution >= 0.6 is 0 Å². The van der Waals surface area contributed by atoms with Crippen LogP contribution in [-0.4, -0.2) is 50.5 Å². The fourth-order valence-electron chi connectivity index (χ4n) is 1.79. The van der Waals surface area contributed by atoms with Gasteiger partial charge in [0.25, 0.3) is 0 Å². The number of rotatable bonds is 3. The van der Waals surface area contributed by atoms with Crippen molar-refractivity contribution in [2.24, 2.45) is 20.2 Å². The molecular weight excluding hydrogens is 256 g/mol. The van der Waals surface area contributed by atoms with Crippen molar-refractivity contribution in [1.29, 1.82) is 0 Å². The Morgan fingerprint density at radius 2 is 1.30 bits per heavy atom. The summed E-state index contributed by atoms with van der Waals surface area (Å²) >= 11 is 0. The summed E-state index contributed by atoms with van der Waals surface area (Å²) < 4.78 is 0. The van der Waals surface area contributed by atoms with E-state index < -0.39 is 0 Å². The molecular formula is C12H22N8. The Kier molecular flexibility index (Phi) is 6.35. The molecule has 0 aromatic rings. The van der Waals surface area contributed by atoms with Crippen LogP contribution in [0.2, 0.25) is 0 Å². The Labute approximate surface area is 118 Å². The van der Waals surface area contributed by atoms with E-state index in [4.69, 9.17) is 0 Å². The molecule has 0 fully saturated rings. The maximum Gasteiger partial charge on any atom is 0.212 e. The van der Waals surface area contributed by atoms with Crippen LogP contribution < -0.4 is 21.5 Å². The molecule has 0 bridgehead atoms. The van der Waals surface area contributed by atoms with Gasteiger partial charge in [-0.2, -0.15) is 10.2 Å². The predicted molar refractivity (Wildman–Crippen MR) is 82.3 cm³/mol. The molecule has 110 valence electrons. The number of nitrogens with zero attached hydrogens (tertiary/aromatic N) is 4. The molecule has 2 rings (SSSR count). The monoisotopic (exact) mass is 278 g/mol. The van der Waals surface area contributed by atoms with Gasteiger partial charge >= 0.3 is 0 Å². The minimum atomic E-state index is 0.718. The van der Waals surface area contributed by atoms with Gasteiger partial charge in [0, 0.05) is 26.2 Å². The zero-order chi connectivity index (χ0) is 13.9. The summed E-state index contributed by atoms with van der Waals surface area (Å²) in [4.78, 5) is 8.63. The van der Waals surface area contributed by atoms with Crippen molar-refractivity contribution >= 4 is 24.3 Å². The Hall–Kier alpha value is -2.12. The van der Waals surface area contributed by atoms with E-state index >= 15 is 0 Å². The quantitative estimate of drug-likeness (QED) is 0.418. The molecule has 20 heavy (non-hydrogen) atoms. The van der Waals surface area contributed by atoms with Crippen molar-refractivity contribution in [3.63, 3.8) is 0 Å². The summed E-state index contributed by atoms with van der Waals surface area (Å²) in [5.74, 6) is 1.44. The van der Waals surface area contributed by atoms with Crippen molar-refractivity contribution in [3.8, 4) is 0 Å². The topological polar surface area (TPSA) is 97.6 Å². The fraction of sp³-hybridized carbons (Fsp3) is 0.667. The lowest BCUT2D eigenvalue weighted by Crippen LogP contribution is -2.34. The van der Waals surface area contributed by atoms with Gasteiger partial charge in [-0.3, -0.25) is 9.98 Å². The zero-order valence-corrected chi connectivity index (χ0v) is 11.6. The van der Waals surface area contributed by atoms with Crippen LogP contribution in [0.5, 0.6) is 0 Å². The number of aliphatic imine (C=N–C) groups is 2. The number of hydrogen-bond acceptors (Lipinski definition) is 8. The van der Waals surface area contributed by atoms with Gasteiger partial charge in [-0.1, -0.05) is 0 Å². The first-order valence-electron chi connectivity index (χ1n) is 7.08. The predicted octanol–water partition coefficient (Wildman–Crippen LogP) is -0.384. The van der Waals surface area contributed by atoms with Gasteiger partial charge in [0.15, 0.2) is 0 Å². The van der Waals surface area contributed by atoms with Crippen LogP contribution in [0.3, 0.4) is 0 Å². The Morgan fingerprint density at radius 1 is 0.800 bits per heavy atom. The lowest BCUT2D eigenvalue weighted by atomic mass is 10.3. The van der Waals surface area contributed by atoms with E-state index in [1.165, 1.54) is 0 Å². The van der Waals surface area contributed by atoms with Crippen LogP contribution in [0.15, 0.2) is 20.2 Å². The molecule has 0 saturated carbocycles. The number of guanidine groups is 2. The van der Waals surface area contributed by atoms with E-state index in [1.807, 2.05) is 0 Å². The van der Waals surface area contributed by atoms with Gasteiger partial charge < -0.3 is 10.6 Å². The molecule has 0 spiro atoms. The summed E-state index contributed by atoms with van der Waals surface area (Å²) in [5, 5.41) is 14.4. The smallest absolute Gasteiger partial charge is 0.212 e. The highest BCUT2D eigenvalue weighted by Gasteiger charge is 2.00. The van der Waals surface area contributed by atoms with Crippen LogP contribution in [0.4, 0.5) is 0 Å². The molecule has 0 aromatic heterocycles. The van der Waals surface area contributed by atoms with Gasteiger partial charge in [0.1, 0.15) is 0 Å². The molecule has 2 heterocycles. The van der Waals surface area contributed by atoms with Gasteiger partial charge in [0.2, 0.25) is 11.9 Å². The third-order valence-electron chi connectivity index (χ3n) is 2.85. The first-order valence-corrected chi connectivity index (χ1v) is 7.08. The minimum absolute atomic E-state index is 0.718. The minimum Gasteiger partial charge on any atom is -0.355 e. The summed E-state index contributed by atoms with van der Waals surface area (Å²) in [5.41, 5.74) is 5.71.